The quantitative estimate of drug-likeness (QED) is 0.327. The third-order valence-corrected chi connectivity index (χ3v) is 3.48. The fourth-order valence-corrected chi connectivity index (χ4v) is 2.42. The van der Waals surface area contributed by atoms with E-state index in [0.717, 1.165) is 6.42 Å². The lowest BCUT2D eigenvalue weighted by Crippen LogP contribution is -2.30. The van der Waals surface area contributed by atoms with Gasteiger partial charge < -0.3 is 9.16 Å². The molecule has 1 rings (SSSR count). The minimum Gasteiger partial charge on any atom is -0.516 e. The second-order valence-electron chi connectivity index (χ2n) is 5.85. The Balaban J connectivity index is 2.76. The van der Waals surface area contributed by atoms with E-state index in [2.05, 4.69) is 0 Å². The predicted octanol–water partition coefficient (Wildman–Crippen LogP) is 4.19. The lowest BCUT2D eigenvalue weighted by atomic mass is 10.1. The van der Waals surface area contributed by atoms with Crippen LogP contribution in [0.3, 0.4) is 0 Å². The summed E-state index contributed by atoms with van der Waals surface area (Å²) < 4.78 is 10.7. The first-order valence-electron chi connectivity index (χ1n) is 7.49. The highest BCUT2D eigenvalue weighted by Gasteiger charge is 2.24. The second-order valence-corrected chi connectivity index (χ2v) is 10.3. The van der Waals surface area contributed by atoms with Crippen molar-refractivity contribution in [2.24, 2.45) is 0 Å². The number of carbonyl (C=O) groups is 2. The SMILES string of the molecule is CC/C=C/CCOC(=O)c1ccccc1C(=O)O[Si](C)(C)C. The van der Waals surface area contributed by atoms with Gasteiger partial charge in [-0.05, 0) is 44.6 Å². The topological polar surface area (TPSA) is 52.6 Å². The zero-order chi connectivity index (χ0) is 16.6. The second kappa shape index (κ2) is 8.53. The van der Waals surface area contributed by atoms with Crippen LogP contribution in [0.4, 0.5) is 0 Å². The highest BCUT2D eigenvalue weighted by molar-refractivity contribution is 6.71. The number of allylic oxidation sites excluding steroid dienone is 1. The molecule has 5 heteroatoms. The van der Waals surface area contributed by atoms with E-state index in [4.69, 9.17) is 9.16 Å². The van der Waals surface area contributed by atoms with Crippen LogP contribution in [0, 0.1) is 0 Å². The molecule has 0 heterocycles. The van der Waals surface area contributed by atoms with E-state index in [-0.39, 0.29) is 11.1 Å². The molecule has 0 aliphatic rings. The average Bonchev–Trinajstić information content (AvgIpc) is 2.45. The Kier molecular flexibility index (Phi) is 7.05. The van der Waals surface area contributed by atoms with Crippen molar-refractivity contribution in [1.29, 1.82) is 0 Å². The molecular formula is C17H24O4Si. The first-order chi connectivity index (χ1) is 10.3. The summed E-state index contributed by atoms with van der Waals surface area (Å²) in [6, 6.07) is 6.60. The van der Waals surface area contributed by atoms with Gasteiger partial charge in [-0.15, -0.1) is 0 Å². The van der Waals surface area contributed by atoms with Crippen LogP contribution in [0.25, 0.3) is 0 Å². The highest BCUT2D eigenvalue weighted by Crippen LogP contribution is 2.15. The van der Waals surface area contributed by atoms with Gasteiger partial charge in [0.05, 0.1) is 17.7 Å². The van der Waals surface area contributed by atoms with Gasteiger partial charge in [-0.2, -0.15) is 0 Å². The number of benzene rings is 1. The molecule has 0 atom stereocenters. The minimum absolute atomic E-state index is 0.255. The first kappa shape index (κ1) is 18.2. The molecule has 120 valence electrons. The van der Waals surface area contributed by atoms with Gasteiger partial charge in [-0.1, -0.05) is 31.2 Å². The van der Waals surface area contributed by atoms with Gasteiger partial charge in [0.2, 0.25) is 8.32 Å². The summed E-state index contributed by atoms with van der Waals surface area (Å²) in [4.78, 5) is 24.3. The molecule has 0 unspecified atom stereocenters. The Bertz CT molecular complexity index is 544. The lowest BCUT2D eigenvalue weighted by Gasteiger charge is -2.18. The van der Waals surface area contributed by atoms with Crippen LogP contribution in [0.1, 0.15) is 40.5 Å². The summed E-state index contributed by atoms with van der Waals surface area (Å²) in [7, 11) is -2.01. The molecule has 0 fully saturated rings. The molecule has 0 aliphatic carbocycles. The van der Waals surface area contributed by atoms with Crippen molar-refractivity contribution >= 4 is 20.3 Å². The molecule has 0 amide bonds. The Morgan fingerprint density at radius 3 is 2.18 bits per heavy atom. The number of hydrogen-bond acceptors (Lipinski definition) is 4. The van der Waals surface area contributed by atoms with Crippen LogP contribution in [-0.4, -0.2) is 26.9 Å². The molecule has 0 saturated heterocycles. The van der Waals surface area contributed by atoms with Crippen molar-refractivity contribution < 1.29 is 18.8 Å². The van der Waals surface area contributed by atoms with E-state index in [1.165, 1.54) is 0 Å². The smallest absolute Gasteiger partial charge is 0.339 e. The number of hydrogen-bond donors (Lipinski definition) is 0. The van der Waals surface area contributed by atoms with Crippen molar-refractivity contribution in [1.82, 2.24) is 0 Å². The molecule has 0 radical (unpaired) electrons. The van der Waals surface area contributed by atoms with E-state index >= 15 is 0 Å². The fraction of sp³-hybridized carbons (Fsp3) is 0.412. The van der Waals surface area contributed by atoms with E-state index in [9.17, 15) is 9.59 Å². The van der Waals surface area contributed by atoms with Crippen molar-refractivity contribution in [3.8, 4) is 0 Å². The van der Waals surface area contributed by atoms with Crippen molar-refractivity contribution in [3.63, 3.8) is 0 Å². The normalized spacial score (nSPS) is 11.5. The van der Waals surface area contributed by atoms with Gasteiger partial charge in [-0.3, -0.25) is 0 Å². The van der Waals surface area contributed by atoms with Gasteiger partial charge in [-0.25, -0.2) is 9.59 Å². The van der Waals surface area contributed by atoms with Crippen LogP contribution < -0.4 is 0 Å². The molecule has 0 spiro atoms. The van der Waals surface area contributed by atoms with Gasteiger partial charge in [0.15, 0.2) is 0 Å². The summed E-state index contributed by atoms with van der Waals surface area (Å²) in [5, 5.41) is 0. The molecular weight excluding hydrogens is 296 g/mol. The van der Waals surface area contributed by atoms with Crippen molar-refractivity contribution in [3.05, 3.63) is 47.5 Å². The molecule has 4 nitrogen and oxygen atoms in total. The molecule has 0 bridgehead atoms. The van der Waals surface area contributed by atoms with Crippen LogP contribution in [0.15, 0.2) is 36.4 Å². The molecule has 0 aromatic heterocycles. The van der Waals surface area contributed by atoms with Gasteiger partial charge in [0.25, 0.3) is 0 Å². The summed E-state index contributed by atoms with van der Waals surface area (Å²) >= 11 is 0. The Morgan fingerprint density at radius 1 is 1.05 bits per heavy atom. The minimum atomic E-state index is -2.01. The first-order valence-corrected chi connectivity index (χ1v) is 10.9. The standard InChI is InChI=1S/C17H24O4Si/c1-5-6-7-10-13-20-16(18)14-11-8-9-12-15(14)17(19)21-22(2,3)4/h6-9,11-12H,5,10,13H2,1-4H3/b7-6+. The summed E-state index contributed by atoms with van der Waals surface area (Å²) in [5.74, 6) is -0.953. The van der Waals surface area contributed by atoms with Crippen LogP contribution in [0.2, 0.25) is 19.6 Å². The van der Waals surface area contributed by atoms with Gasteiger partial charge in [0.1, 0.15) is 0 Å². The summed E-state index contributed by atoms with van der Waals surface area (Å²) in [6.07, 6.45) is 5.62. The maximum atomic E-state index is 12.2. The molecule has 22 heavy (non-hydrogen) atoms. The van der Waals surface area contributed by atoms with E-state index in [1.807, 2.05) is 38.7 Å². The fourth-order valence-electron chi connectivity index (χ4n) is 1.75. The van der Waals surface area contributed by atoms with Crippen molar-refractivity contribution in [2.75, 3.05) is 6.61 Å². The Labute approximate surface area is 133 Å². The van der Waals surface area contributed by atoms with Crippen LogP contribution in [0.5, 0.6) is 0 Å². The third kappa shape index (κ3) is 6.26. The zero-order valence-electron chi connectivity index (χ0n) is 13.7. The zero-order valence-corrected chi connectivity index (χ0v) is 14.7. The largest absolute Gasteiger partial charge is 0.516 e. The van der Waals surface area contributed by atoms with E-state index in [1.54, 1.807) is 24.3 Å². The summed E-state index contributed by atoms with van der Waals surface area (Å²) in [6.45, 7) is 8.11. The lowest BCUT2D eigenvalue weighted by molar-refractivity contribution is 0.0502. The molecule has 1 aromatic rings. The maximum Gasteiger partial charge on any atom is 0.339 e. The average molecular weight is 320 g/mol. The summed E-state index contributed by atoms with van der Waals surface area (Å²) in [5.41, 5.74) is 0.518. The van der Waals surface area contributed by atoms with Crippen LogP contribution in [-0.2, 0) is 9.16 Å². The third-order valence-electron chi connectivity index (χ3n) is 2.69. The van der Waals surface area contributed by atoms with Gasteiger partial charge in [0, 0.05) is 0 Å². The molecule has 0 N–H and O–H groups in total. The number of esters is 1. The molecule has 0 aliphatic heterocycles. The molecule has 1 aromatic carbocycles. The Hall–Kier alpha value is -1.88. The van der Waals surface area contributed by atoms with E-state index in [0.29, 0.717) is 13.0 Å². The number of ether oxygens (including phenoxy) is 1. The maximum absolute atomic E-state index is 12.2. The van der Waals surface area contributed by atoms with E-state index < -0.39 is 20.3 Å². The number of carbonyl (C=O) groups excluding carboxylic acids is 2. The van der Waals surface area contributed by atoms with Crippen LogP contribution >= 0.6 is 0 Å². The number of rotatable bonds is 7. The highest BCUT2D eigenvalue weighted by atomic mass is 28.4. The monoisotopic (exact) mass is 320 g/mol. The Morgan fingerprint density at radius 2 is 1.64 bits per heavy atom. The van der Waals surface area contributed by atoms with Crippen molar-refractivity contribution in [2.45, 2.75) is 39.4 Å². The van der Waals surface area contributed by atoms with Gasteiger partial charge >= 0.3 is 11.9 Å². The predicted molar refractivity (Wildman–Crippen MR) is 89.5 cm³/mol. The molecule has 0 saturated carbocycles.